The SMILES string of the molecule is CCN(CC)CCC(=O)c1ccc2c3c(n(C)c2c1)CCCC3.Cl. The van der Waals surface area contributed by atoms with Crippen LogP contribution in [0.15, 0.2) is 18.2 Å². The minimum Gasteiger partial charge on any atom is -0.347 e. The van der Waals surface area contributed by atoms with Gasteiger partial charge in [-0.25, -0.2) is 0 Å². The van der Waals surface area contributed by atoms with Gasteiger partial charge in [-0.3, -0.25) is 4.79 Å². The summed E-state index contributed by atoms with van der Waals surface area (Å²) in [7, 11) is 2.15. The molecule has 0 spiro atoms. The van der Waals surface area contributed by atoms with E-state index in [1.54, 1.807) is 0 Å². The summed E-state index contributed by atoms with van der Waals surface area (Å²) in [4.78, 5) is 14.8. The van der Waals surface area contributed by atoms with E-state index in [9.17, 15) is 4.79 Å². The van der Waals surface area contributed by atoms with Crippen LogP contribution in [0.4, 0.5) is 0 Å². The van der Waals surface area contributed by atoms with Gasteiger partial charge in [0.1, 0.15) is 0 Å². The molecular weight excluding hydrogens is 320 g/mol. The Morgan fingerprint density at radius 3 is 2.58 bits per heavy atom. The number of benzene rings is 1. The molecule has 24 heavy (non-hydrogen) atoms. The van der Waals surface area contributed by atoms with Gasteiger partial charge in [-0.05, 0) is 50.4 Å². The van der Waals surface area contributed by atoms with Crippen LogP contribution < -0.4 is 0 Å². The van der Waals surface area contributed by atoms with E-state index < -0.39 is 0 Å². The van der Waals surface area contributed by atoms with Crippen molar-refractivity contribution in [3.05, 3.63) is 35.0 Å². The van der Waals surface area contributed by atoms with Crippen molar-refractivity contribution in [2.24, 2.45) is 7.05 Å². The molecule has 1 aliphatic carbocycles. The fourth-order valence-electron chi connectivity index (χ4n) is 3.88. The van der Waals surface area contributed by atoms with Gasteiger partial charge >= 0.3 is 0 Å². The lowest BCUT2D eigenvalue weighted by atomic mass is 9.95. The molecular formula is C20H29ClN2O. The van der Waals surface area contributed by atoms with Crippen molar-refractivity contribution in [3.8, 4) is 0 Å². The first-order chi connectivity index (χ1) is 11.2. The van der Waals surface area contributed by atoms with E-state index in [4.69, 9.17) is 0 Å². The maximum Gasteiger partial charge on any atom is 0.164 e. The Bertz CT molecular complexity index is 716. The summed E-state index contributed by atoms with van der Waals surface area (Å²) in [5.41, 5.74) is 5.07. The molecule has 3 nitrogen and oxygen atoms in total. The first-order valence-electron chi connectivity index (χ1n) is 9.01. The van der Waals surface area contributed by atoms with E-state index in [-0.39, 0.29) is 18.2 Å². The zero-order chi connectivity index (χ0) is 16.4. The number of Topliss-reactive ketones (excluding diaryl/α,β-unsaturated/α-hetero) is 1. The third-order valence-electron chi connectivity index (χ3n) is 5.40. The van der Waals surface area contributed by atoms with Crippen molar-refractivity contribution < 1.29 is 4.79 Å². The van der Waals surface area contributed by atoms with Gasteiger partial charge in [0.2, 0.25) is 0 Å². The summed E-state index contributed by atoms with van der Waals surface area (Å²) < 4.78 is 2.31. The first kappa shape index (κ1) is 19.0. The first-order valence-corrected chi connectivity index (χ1v) is 9.01. The van der Waals surface area contributed by atoms with Crippen LogP contribution in [0.5, 0.6) is 0 Å². The van der Waals surface area contributed by atoms with Crippen molar-refractivity contribution in [2.75, 3.05) is 19.6 Å². The molecule has 4 heteroatoms. The number of ketones is 1. The summed E-state index contributed by atoms with van der Waals surface area (Å²) in [6.07, 6.45) is 5.54. The number of nitrogens with zero attached hydrogens (tertiary/aromatic N) is 2. The molecule has 1 aromatic heterocycles. The molecule has 3 rings (SSSR count). The molecule has 132 valence electrons. The van der Waals surface area contributed by atoms with Gasteiger partial charge in [0.15, 0.2) is 5.78 Å². The minimum atomic E-state index is 0. The third kappa shape index (κ3) is 3.52. The number of halogens is 1. The van der Waals surface area contributed by atoms with Gasteiger partial charge in [-0.1, -0.05) is 26.0 Å². The van der Waals surface area contributed by atoms with Gasteiger partial charge in [0.25, 0.3) is 0 Å². The van der Waals surface area contributed by atoms with Crippen molar-refractivity contribution in [1.29, 1.82) is 0 Å². The summed E-state index contributed by atoms with van der Waals surface area (Å²) in [6.45, 7) is 7.16. The molecule has 0 amide bonds. The van der Waals surface area contributed by atoms with Crippen molar-refractivity contribution in [3.63, 3.8) is 0 Å². The van der Waals surface area contributed by atoms with Gasteiger partial charge in [-0.15, -0.1) is 12.4 Å². The van der Waals surface area contributed by atoms with Crippen molar-refractivity contribution in [1.82, 2.24) is 9.47 Å². The van der Waals surface area contributed by atoms with Crippen LogP contribution in [0.1, 0.15) is 54.7 Å². The minimum absolute atomic E-state index is 0. The van der Waals surface area contributed by atoms with E-state index in [0.29, 0.717) is 6.42 Å². The fourth-order valence-corrected chi connectivity index (χ4v) is 3.88. The average Bonchev–Trinajstić information content (AvgIpc) is 2.88. The molecule has 0 saturated carbocycles. The topological polar surface area (TPSA) is 25.2 Å². The standard InChI is InChI=1S/C20H28N2O.ClH/c1-4-22(5-2)13-12-20(23)15-10-11-17-16-8-6-7-9-18(16)21(3)19(17)14-15;/h10-11,14H,4-9,12-13H2,1-3H3;1H. The van der Waals surface area contributed by atoms with Crippen LogP contribution in [0.2, 0.25) is 0 Å². The van der Waals surface area contributed by atoms with Crippen LogP contribution in [-0.4, -0.2) is 34.9 Å². The number of aromatic nitrogens is 1. The molecule has 2 aromatic rings. The lowest BCUT2D eigenvalue weighted by molar-refractivity contribution is 0.0966. The number of hydrogen-bond donors (Lipinski definition) is 0. The Morgan fingerprint density at radius 2 is 1.88 bits per heavy atom. The summed E-state index contributed by atoms with van der Waals surface area (Å²) in [6, 6.07) is 6.31. The highest BCUT2D eigenvalue weighted by molar-refractivity contribution is 6.00. The van der Waals surface area contributed by atoms with Crippen LogP contribution in [0, 0.1) is 0 Å². The number of carbonyl (C=O) groups is 1. The lowest BCUT2D eigenvalue weighted by Crippen LogP contribution is -2.25. The zero-order valence-electron chi connectivity index (χ0n) is 15.1. The quantitative estimate of drug-likeness (QED) is 0.723. The molecule has 0 bridgehead atoms. The maximum atomic E-state index is 12.5. The van der Waals surface area contributed by atoms with E-state index in [1.165, 1.54) is 47.8 Å². The number of rotatable bonds is 6. The fraction of sp³-hybridized carbons (Fsp3) is 0.550. The number of carbonyl (C=O) groups excluding carboxylic acids is 1. The molecule has 0 aliphatic heterocycles. The molecule has 0 saturated heterocycles. The maximum absolute atomic E-state index is 12.5. The summed E-state index contributed by atoms with van der Waals surface area (Å²) in [5.74, 6) is 0.262. The van der Waals surface area contributed by atoms with Gasteiger partial charge in [-0.2, -0.15) is 0 Å². The Hall–Kier alpha value is -1.32. The van der Waals surface area contributed by atoms with Crippen LogP contribution in [0.3, 0.4) is 0 Å². The van der Waals surface area contributed by atoms with Crippen LogP contribution in [-0.2, 0) is 19.9 Å². The molecule has 1 aliphatic rings. The van der Waals surface area contributed by atoms with Gasteiger partial charge in [0, 0.05) is 42.2 Å². The molecule has 0 N–H and O–H groups in total. The van der Waals surface area contributed by atoms with Gasteiger partial charge in [0.05, 0.1) is 0 Å². The van der Waals surface area contributed by atoms with Crippen molar-refractivity contribution >= 4 is 29.1 Å². The molecule has 1 heterocycles. The highest BCUT2D eigenvalue weighted by Crippen LogP contribution is 2.32. The number of aryl methyl sites for hydroxylation is 2. The molecule has 0 unspecified atom stereocenters. The lowest BCUT2D eigenvalue weighted by Gasteiger charge is -2.17. The molecule has 0 atom stereocenters. The third-order valence-corrected chi connectivity index (χ3v) is 5.40. The predicted octanol–water partition coefficient (Wildman–Crippen LogP) is 4.39. The second-order valence-electron chi connectivity index (χ2n) is 6.62. The highest BCUT2D eigenvalue weighted by Gasteiger charge is 2.19. The largest absolute Gasteiger partial charge is 0.347 e. The van der Waals surface area contributed by atoms with E-state index in [1.807, 2.05) is 6.07 Å². The smallest absolute Gasteiger partial charge is 0.164 e. The Labute approximate surface area is 151 Å². The van der Waals surface area contributed by atoms with E-state index in [0.717, 1.165) is 25.2 Å². The predicted molar refractivity (Wildman–Crippen MR) is 104 cm³/mol. The second kappa shape index (κ2) is 8.17. The van der Waals surface area contributed by atoms with E-state index >= 15 is 0 Å². The van der Waals surface area contributed by atoms with Crippen LogP contribution >= 0.6 is 12.4 Å². The second-order valence-corrected chi connectivity index (χ2v) is 6.62. The monoisotopic (exact) mass is 348 g/mol. The molecule has 0 fully saturated rings. The average molecular weight is 349 g/mol. The summed E-state index contributed by atoms with van der Waals surface area (Å²) >= 11 is 0. The Kier molecular flexibility index (Phi) is 6.47. The zero-order valence-corrected chi connectivity index (χ0v) is 15.9. The van der Waals surface area contributed by atoms with Gasteiger partial charge < -0.3 is 9.47 Å². The number of hydrogen-bond acceptors (Lipinski definition) is 2. The Morgan fingerprint density at radius 1 is 1.17 bits per heavy atom. The normalized spacial score (nSPS) is 13.8. The highest BCUT2D eigenvalue weighted by atomic mass is 35.5. The van der Waals surface area contributed by atoms with E-state index in [2.05, 4.69) is 42.5 Å². The van der Waals surface area contributed by atoms with Crippen molar-refractivity contribution in [2.45, 2.75) is 46.0 Å². The van der Waals surface area contributed by atoms with Crippen LogP contribution in [0.25, 0.3) is 10.9 Å². The number of fused-ring (bicyclic) bond motifs is 3. The Balaban J connectivity index is 0.00000208. The molecule has 1 aromatic carbocycles. The molecule has 0 radical (unpaired) electrons. The summed E-state index contributed by atoms with van der Waals surface area (Å²) in [5, 5.41) is 1.35.